The molecule has 1 aliphatic heterocycles. The number of fused-ring (bicyclic) bond motifs is 1. The highest BCUT2D eigenvalue weighted by molar-refractivity contribution is 9.10. The Balaban J connectivity index is 1.93. The third-order valence-electron chi connectivity index (χ3n) is 3.66. The van der Waals surface area contributed by atoms with E-state index in [0.29, 0.717) is 6.54 Å². The highest BCUT2D eigenvalue weighted by Gasteiger charge is 2.18. The van der Waals surface area contributed by atoms with Gasteiger partial charge in [0.2, 0.25) is 0 Å². The van der Waals surface area contributed by atoms with E-state index in [4.69, 9.17) is 4.74 Å². The van der Waals surface area contributed by atoms with Crippen LogP contribution < -0.4 is 5.43 Å². The number of aromatic amines is 1. The summed E-state index contributed by atoms with van der Waals surface area (Å²) in [5, 5.41) is 0.734. The molecule has 0 saturated carbocycles. The second-order valence-corrected chi connectivity index (χ2v) is 6.08. The monoisotopic (exact) mass is 336 g/mol. The normalized spacial score (nSPS) is 20.4. The molecule has 0 bridgehead atoms. The number of ether oxygens (including phenoxy) is 1. The summed E-state index contributed by atoms with van der Waals surface area (Å²) >= 11 is 3.46. The van der Waals surface area contributed by atoms with Crippen LogP contribution in [0.1, 0.15) is 12.5 Å². The summed E-state index contributed by atoms with van der Waals surface area (Å²) in [7, 11) is 0. The van der Waals surface area contributed by atoms with Crippen molar-refractivity contribution in [2.45, 2.75) is 19.6 Å². The third kappa shape index (κ3) is 2.66. The van der Waals surface area contributed by atoms with Gasteiger partial charge in [0.05, 0.1) is 18.2 Å². The number of H-pyrrole nitrogens is 1. The Morgan fingerprint density at radius 3 is 3.15 bits per heavy atom. The fraction of sp³-hybridized carbons (Fsp3) is 0.400. The lowest BCUT2D eigenvalue weighted by molar-refractivity contribution is -0.0213. The molecule has 0 amide bonds. The lowest BCUT2D eigenvalue weighted by Crippen LogP contribution is -2.41. The average Bonchev–Trinajstić information content (AvgIpc) is 2.43. The quantitative estimate of drug-likeness (QED) is 0.916. The van der Waals surface area contributed by atoms with Gasteiger partial charge in [-0.3, -0.25) is 9.69 Å². The summed E-state index contributed by atoms with van der Waals surface area (Å²) in [5.41, 5.74) is 1.78. The Morgan fingerprint density at radius 2 is 2.35 bits per heavy atom. The lowest BCUT2D eigenvalue weighted by atomic mass is 10.1. The zero-order valence-corrected chi connectivity index (χ0v) is 12.9. The molecule has 3 rings (SSSR count). The average molecular weight is 337 g/mol. The first-order valence-corrected chi connectivity index (χ1v) is 7.57. The lowest BCUT2D eigenvalue weighted by Gasteiger charge is -2.30. The van der Waals surface area contributed by atoms with Crippen molar-refractivity contribution in [2.75, 3.05) is 19.7 Å². The summed E-state index contributed by atoms with van der Waals surface area (Å²) in [6.07, 6.45) is 2.06. The smallest absolute Gasteiger partial charge is 0.193 e. The van der Waals surface area contributed by atoms with E-state index in [0.717, 1.165) is 40.6 Å². The minimum atomic E-state index is 0.110. The van der Waals surface area contributed by atoms with E-state index in [1.54, 1.807) is 0 Å². The highest BCUT2D eigenvalue weighted by atomic mass is 79.9. The minimum Gasteiger partial charge on any atom is -0.376 e. The van der Waals surface area contributed by atoms with Crippen LogP contribution in [0.4, 0.5) is 0 Å². The number of benzene rings is 1. The number of pyridine rings is 1. The molecule has 1 aromatic carbocycles. The van der Waals surface area contributed by atoms with Crippen molar-refractivity contribution in [2.24, 2.45) is 0 Å². The molecule has 2 heterocycles. The van der Waals surface area contributed by atoms with Crippen molar-refractivity contribution in [3.8, 4) is 0 Å². The molecule has 1 aromatic heterocycles. The number of aromatic nitrogens is 1. The van der Waals surface area contributed by atoms with E-state index in [-0.39, 0.29) is 11.5 Å². The number of nitrogens with zero attached hydrogens (tertiary/aromatic N) is 1. The number of hydrogen-bond acceptors (Lipinski definition) is 3. The van der Waals surface area contributed by atoms with E-state index in [2.05, 4.69) is 32.7 Å². The van der Waals surface area contributed by atoms with Gasteiger partial charge in [-0.1, -0.05) is 6.07 Å². The first-order chi connectivity index (χ1) is 9.65. The molecule has 0 spiro atoms. The fourth-order valence-corrected chi connectivity index (χ4v) is 3.13. The van der Waals surface area contributed by atoms with E-state index in [1.807, 2.05) is 24.4 Å². The molecule has 106 valence electrons. The largest absolute Gasteiger partial charge is 0.376 e. The van der Waals surface area contributed by atoms with Crippen LogP contribution in [0, 0.1) is 0 Å². The molecule has 1 N–H and O–H groups in total. The van der Waals surface area contributed by atoms with Crippen LogP contribution in [0.3, 0.4) is 0 Å². The summed E-state index contributed by atoms with van der Waals surface area (Å²) in [6, 6.07) is 5.69. The molecular formula is C15H17BrN2O2. The van der Waals surface area contributed by atoms with Gasteiger partial charge < -0.3 is 9.72 Å². The molecule has 1 fully saturated rings. The number of para-hydroxylation sites is 1. The molecule has 4 nitrogen and oxygen atoms in total. The fourth-order valence-electron chi connectivity index (χ4n) is 2.65. The van der Waals surface area contributed by atoms with Gasteiger partial charge in [-0.2, -0.15) is 0 Å². The van der Waals surface area contributed by atoms with Crippen molar-refractivity contribution in [3.05, 3.63) is 44.7 Å². The maximum atomic E-state index is 12.5. The topological polar surface area (TPSA) is 45.3 Å². The van der Waals surface area contributed by atoms with Gasteiger partial charge in [-0.05, 0) is 35.0 Å². The summed E-state index contributed by atoms with van der Waals surface area (Å²) in [5.74, 6) is 0. The van der Waals surface area contributed by atoms with Crippen molar-refractivity contribution < 1.29 is 4.74 Å². The van der Waals surface area contributed by atoms with Gasteiger partial charge in [0, 0.05) is 41.3 Å². The van der Waals surface area contributed by atoms with E-state index >= 15 is 0 Å². The Kier molecular flexibility index (Phi) is 3.92. The van der Waals surface area contributed by atoms with E-state index in [1.165, 1.54) is 0 Å². The first-order valence-electron chi connectivity index (χ1n) is 6.78. The maximum Gasteiger partial charge on any atom is 0.193 e. The van der Waals surface area contributed by atoms with E-state index < -0.39 is 0 Å². The second-order valence-electron chi connectivity index (χ2n) is 5.22. The molecule has 1 atom stereocenters. The summed E-state index contributed by atoms with van der Waals surface area (Å²) in [4.78, 5) is 18.0. The van der Waals surface area contributed by atoms with Crippen LogP contribution >= 0.6 is 15.9 Å². The highest BCUT2D eigenvalue weighted by Crippen LogP contribution is 2.19. The zero-order valence-electron chi connectivity index (χ0n) is 11.4. The maximum absolute atomic E-state index is 12.5. The molecular weight excluding hydrogens is 320 g/mol. The summed E-state index contributed by atoms with van der Waals surface area (Å²) in [6.45, 7) is 5.22. The molecule has 1 aliphatic rings. The van der Waals surface area contributed by atoms with Crippen molar-refractivity contribution in [3.63, 3.8) is 0 Å². The summed E-state index contributed by atoms with van der Waals surface area (Å²) < 4.78 is 6.44. The number of rotatable bonds is 2. The van der Waals surface area contributed by atoms with Crippen LogP contribution in [-0.4, -0.2) is 35.7 Å². The van der Waals surface area contributed by atoms with Crippen molar-refractivity contribution in [1.82, 2.24) is 9.88 Å². The molecule has 0 unspecified atom stereocenters. The van der Waals surface area contributed by atoms with Crippen LogP contribution in [-0.2, 0) is 11.3 Å². The molecule has 0 radical (unpaired) electrons. The van der Waals surface area contributed by atoms with E-state index in [9.17, 15) is 4.79 Å². The number of nitrogens with one attached hydrogen (secondary N) is 1. The molecule has 1 saturated heterocycles. The van der Waals surface area contributed by atoms with Crippen LogP contribution in [0.15, 0.2) is 33.7 Å². The molecule has 2 aromatic rings. The SMILES string of the molecule is C[C@H]1CN(Cc2c[nH]c3c(Br)cccc3c2=O)CCO1. The standard InChI is InChI=1S/C15H17BrN2O2/c1-10-8-18(5-6-20-10)9-11-7-17-14-12(15(11)19)3-2-4-13(14)16/h2-4,7,10H,5-6,8-9H2,1H3,(H,17,19)/t10-/m0/s1. The number of halogens is 1. The van der Waals surface area contributed by atoms with Gasteiger partial charge in [0.15, 0.2) is 5.43 Å². The second kappa shape index (κ2) is 5.68. The van der Waals surface area contributed by atoms with Crippen LogP contribution in [0.2, 0.25) is 0 Å². The van der Waals surface area contributed by atoms with Gasteiger partial charge in [-0.15, -0.1) is 0 Å². The van der Waals surface area contributed by atoms with Gasteiger partial charge in [0.1, 0.15) is 0 Å². The third-order valence-corrected chi connectivity index (χ3v) is 4.32. The van der Waals surface area contributed by atoms with Crippen molar-refractivity contribution >= 4 is 26.8 Å². The zero-order chi connectivity index (χ0) is 14.1. The molecule has 0 aliphatic carbocycles. The number of hydrogen-bond donors (Lipinski definition) is 1. The van der Waals surface area contributed by atoms with Crippen molar-refractivity contribution in [1.29, 1.82) is 0 Å². The minimum absolute atomic E-state index is 0.110. The van der Waals surface area contributed by atoms with Gasteiger partial charge >= 0.3 is 0 Å². The first kappa shape index (κ1) is 13.8. The Bertz CT molecular complexity index is 683. The van der Waals surface area contributed by atoms with Gasteiger partial charge in [0.25, 0.3) is 0 Å². The molecule has 5 heteroatoms. The Hall–Kier alpha value is -1.17. The van der Waals surface area contributed by atoms with Gasteiger partial charge in [-0.25, -0.2) is 0 Å². The predicted molar refractivity (Wildman–Crippen MR) is 83.0 cm³/mol. The number of morpholine rings is 1. The predicted octanol–water partition coefficient (Wildman–Crippen LogP) is 2.51. The molecule has 20 heavy (non-hydrogen) atoms. The van der Waals surface area contributed by atoms with Crippen LogP contribution in [0.25, 0.3) is 10.9 Å². The Labute approximate surface area is 125 Å². The van der Waals surface area contributed by atoms with Crippen LogP contribution in [0.5, 0.6) is 0 Å². The Morgan fingerprint density at radius 1 is 1.50 bits per heavy atom.